The number of carbonyl (C=O) groups excluding carboxylic acids is 1. The van der Waals surface area contributed by atoms with E-state index in [9.17, 15) is 4.79 Å². The number of halogens is 2. The molecule has 0 saturated heterocycles. The summed E-state index contributed by atoms with van der Waals surface area (Å²) >= 11 is 12.7. The van der Waals surface area contributed by atoms with E-state index >= 15 is 0 Å². The van der Waals surface area contributed by atoms with Crippen LogP contribution in [0.15, 0.2) is 12.1 Å². The zero-order valence-electron chi connectivity index (χ0n) is 7.75. The molecule has 3 rings (SSSR count). The second-order valence-electron chi connectivity index (χ2n) is 3.22. The first-order valence-corrected chi connectivity index (χ1v) is 5.95. The third-order valence-corrected chi connectivity index (χ3v) is 4.26. The summed E-state index contributed by atoms with van der Waals surface area (Å²) in [5.74, 6) is 1.31. The number of benzene rings is 1. The Kier molecular flexibility index (Phi) is 2.24. The van der Waals surface area contributed by atoms with Gasteiger partial charge in [-0.1, -0.05) is 11.6 Å². The van der Waals surface area contributed by atoms with Gasteiger partial charge in [0.25, 0.3) is 5.24 Å². The summed E-state index contributed by atoms with van der Waals surface area (Å²) in [6.45, 7) is 0.214. The summed E-state index contributed by atoms with van der Waals surface area (Å²) in [5, 5.41) is 0.589. The van der Waals surface area contributed by atoms with E-state index in [1.165, 1.54) is 11.3 Å². The van der Waals surface area contributed by atoms with Crippen LogP contribution in [0.4, 0.5) is 0 Å². The number of ether oxygens (including phenoxy) is 2. The molecule has 0 fully saturated rings. The topological polar surface area (TPSA) is 35.5 Å². The van der Waals surface area contributed by atoms with E-state index in [0.717, 1.165) is 10.1 Å². The van der Waals surface area contributed by atoms with Crippen molar-refractivity contribution < 1.29 is 14.3 Å². The van der Waals surface area contributed by atoms with Gasteiger partial charge < -0.3 is 9.47 Å². The molecule has 0 unspecified atom stereocenters. The molecule has 1 aliphatic rings. The van der Waals surface area contributed by atoms with Gasteiger partial charge in [-0.2, -0.15) is 0 Å². The zero-order chi connectivity index (χ0) is 11.3. The van der Waals surface area contributed by atoms with Crippen LogP contribution < -0.4 is 9.47 Å². The molecular formula is C10H4Cl2O3S. The van der Waals surface area contributed by atoms with Gasteiger partial charge in [0.2, 0.25) is 6.79 Å². The van der Waals surface area contributed by atoms with Crippen LogP contribution >= 0.6 is 34.5 Å². The highest BCUT2D eigenvalue weighted by atomic mass is 35.5. The van der Waals surface area contributed by atoms with E-state index in [2.05, 4.69) is 0 Å². The van der Waals surface area contributed by atoms with Crippen molar-refractivity contribution in [1.82, 2.24) is 0 Å². The van der Waals surface area contributed by atoms with Crippen LogP contribution in [0.25, 0.3) is 10.1 Å². The Morgan fingerprint density at radius 3 is 2.69 bits per heavy atom. The van der Waals surface area contributed by atoms with Gasteiger partial charge in [-0.15, -0.1) is 11.3 Å². The lowest BCUT2D eigenvalue weighted by Gasteiger charge is -1.95. The number of hydrogen-bond acceptors (Lipinski definition) is 4. The van der Waals surface area contributed by atoms with Gasteiger partial charge in [0, 0.05) is 16.2 Å². The Morgan fingerprint density at radius 1 is 1.31 bits per heavy atom. The Labute approximate surface area is 104 Å². The third kappa shape index (κ3) is 1.38. The van der Waals surface area contributed by atoms with Gasteiger partial charge in [0.1, 0.15) is 4.88 Å². The first-order chi connectivity index (χ1) is 7.66. The summed E-state index contributed by atoms with van der Waals surface area (Å²) in [6, 6.07) is 3.57. The summed E-state index contributed by atoms with van der Waals surface area (Å²) in [6.07, 6.45) is 0. The molecule has 3 nitrogen and oxygen atoms in total. The minimum Gasteiger partial charge on any atom is -0.454 e. The molecule has 0 radical (unpaired) electrons. The minimum atomic E-state index is -0.548. The molecule has 0 N–H and O–H groups in total. The second-order valence-corrected chi connectivity index (χ2v) is 4.99. The molecule has 82 valence electrons. The maximum Gasteiger partial charge on any atom is 0.263 e. The van der Waals surface area contributed by atoms with Gasteiger partial charge in [0.05, 0.1) is 5.02 Å². The number of thiophene rings is 1. The monoisotopic (exact) mass is 274 g/mol. The van der Waals surface area contributed by atoms with E-state index < -0.39 is 5.24 Å². The molecule has 0 saturated carbocycles. The standard InChI is InChI=1S/C10H4Cl2O3S/c11-8-4-1-5-6(15-3-14-5)2-7(4)16-9(8)10(12)13/h1-2H,3H2. The molecular weight excluding hydrogens is 271 g/mol. The van der Waals surface area contributed by atoms with Gasteiger partial charge in [-0.25, -0.2) is 0 Å². The largest absolute Gasteiger partial charge is 0.454 e. The van der Waals surface area contributed by atoms with Crippen molar-refractivity contribution in [2.75, 3.05) is 6.79 Å². The summed E-state index contributed by atoms with van der Waals surface area (Å²) in [7, 11) is 0. The fourth-order valence-electron chi connectivity index (χ4n) is 1.58. The molecule has 1 aromatic carbocycles. The second kappa shape index (κ2) is 3.52. The lowest BCUT2D eigenvalue weighted by Crippen LogP contribution is -1.92. The molecule has 0 atom stereocenters. The molecule has 0 spiro atoms. The normalized spacial score (nSPS) is 13.4. The van der Waals surface area contributed by atoms with Crippen molar-refractivity contribution in [3.05, 3.63) is 22.0 Å². The van der Waals surface area contributed by atoms with E-state index in [1.54, 1.807) is 12.1 Å². The van der Waals surface area contributed by atoms with Crippen LogP contribution in [0.2, 0.25) is 5.02 Å². The summed E-state index contributed by atoms with van der Waals surface area (Å²) in [4.78, 5) is 11.5. The molecule has 1 aromatic heterocycles. The number of hydrogen-bond donors (Lipinski definition) is 0. The number of fused-ring (bicyclic) bond motifs is 2. The van der Waals surface area contributed by atoms with Crippen LogP contribution in [0.1, 0.15) is 9.67 Å². The first-order valence-electron chi connectivity index (χ1n) is 4.38. The average molecular weight is 275 g/mol. The van der Waals surface area contributed by atoms with E-state index in [0.29, 0.717) is 21.4 Å². The molecule has 6 heteroatoms. The zero-order valence-corrected chi connectivity index (χ0v) is 10.1. The van der Waals surface area contributed by atoms with Crippen molar-refractivity contribution >= 4 is 49.9 Å². The van der Waals surface area contributed by atoms with E-state index in [4.69, 9.17) is 32.7 Å². The Bertz CT molecular complexity index is 606. The van der Waals surface area contributed by atoms with Crippen molar-refractivity contribution in [3.63, 3.8) is 0 Å². The SMILES string of the molecule is O=C(Cl)c1sc2cc3c(cc2c1Cl)OCO3. The Morgan fingerprint density at radius 2 is 2.00 bits per heavy atom. The van der Waals surface area contributed by atoms with E-state index in [-0.39, 0.29) is 6.79 Å². The van der Waals surface area contributed by atoms with Gasteiger partial charge in [-0.05, 0) is 17.7 Å². The maximum atomic E-state index is 11.1. The fourth-order valence-corrected chi connectivity index (χ4v) is 3.19. The van der Waals surface area contributed by atoms with Crippen molar-refractivity contribution in [1.29, 1.82) is 0 Å². The van der Waals surface area contributed by atoms with Crippen LogP contribution in [0.5, 0.6) is 11.5 Å². The molecule has 0 aliphatic carbocycles. The predicted molar refractivity (Wildman–Crippen MR) is 63.1 cm³/mol. The fraction of sp³-hybridized carbons (Fsp3) is 0.100. The van der Waals surface area contributed by atoms with Gasteiger partial charge >= 0.3 is 0 Å². The quantitative estimate of drug-likeness (QED) is 0.745. The molecule has 1 aliphatic heterocycles. The van der Waals surface area contributed by atoms with Crippen LogP contribution in [-0.4, -0.2) is 12.0 Å². The molecule has 0 bridgehead atoms. The van der Waals surface area contributed by atoms with Crippen molar-refractivity contribution in [2.24, 2.45) is 0 Å². The van der Waals surface area contributed by atoms with Gasteiger partial charge in [0.15, 0.2) is 11.5 Å². The summed E-state index contributed by atoms with van der Waals surface area (Å²) in [5.41, 5.74) is 0. The highest BCUT2D eigenvalue weighted by Gasteiger charge is 2.20. The van der Waals surface area contributed by atoms with Gasteiger partial charge in [-0.3, -0.25) is 4.79 Å². The Hall–Kier alpha value is -0.970. The number of rotatable bonds is 1. The predicted octanol–water partition coefficient (Wildman–Crippen LogP) is 3.66. The maximum absolute atomic E-state index is 11.1. The van der Waals surface area contributed by atoms with E-state index in [1.807, 2.05) is 0 Å². The van der Waals surface area contributed by atoms with Crippen LogP contribution in [0.3, 0.4) is 0 Å². The molecule has 2 heterocycles. The van der Waals surface area contributed by atoms with Crippen molar-refractivity contribution in [2.45, 2.75) is 0 Å². The first kappa shape index (κ1) is 10.2. The van der Waals surface area contributed by atoms with Crippen LogP contribution in [-0.2, 0) is 0 Å². The molecule has 2 aromatic rings. The average Bonchev–Trinajstić information content (AvgIpc) is 2.80. The highest BCUT2D eigenvalue weighted by Crippen LogP contribution is 2.43. The smallest absolute Gasteiger partial charge is 0.263 e. The third-order valence-electron chi connectivity index (χ3n) is 2.30. The molecule has 16 heavy (non-hydrogen) atoms. The molecule has 0 amide bonds. The minimum absolute atomic E-state index is 0.214. The van der Waals surface area contributed by atoms with Crippen molar-refractivity contribution in [3.8, 4) is 11.5 Å². The summed E-state index contributed by atoms with van der Waals surface area (Å²) < 4.78 is 11.3. The Balaban J connectivity index is 2.32. The highest BCUT2D eigenvalue weighted by molar-refractivity contribution is 7.23. The number of carbonyl (C=O) groups is 1. The lowest BCUT2D eigenvalue weighted by molar-refractivity contribution is 0.108. The lowest BCUT2D eigenvalue weighted by atomic mass is 10.2. The van der Waals surface area contributed by atoms with Crippen LogP contribution in [0, 0.1) is 0 Å².